The van der Waals surface area contributed by atoms with E-state index in [9.17, 15) is 9.59 Å². The molecule has 0 saturated carbocycles. The summed E-state index contributed by atoms with van der Waals surface area (Å²) in [6.07, 6.45) is 1.60. The Morgan fingerprint density at radius 1 is 1.30 bits per heavy atom. The molecule has 20 heavy (non-hydrogen) atoms. The van der Waals surface area contributed by atoms with Crippen LogP contribution >= 0.6 is 0 Å². The van der Waals surface area contributed by atoms with Crippen LogP contribution in [0.1, 0.15) is 6.92 Å². The van der Waals surface area contributed by atoms with Crippen molar-refractivity contribution in [2.75, 3.05) is 5.32 Å². The first-order chi connectivity index (χ1) is 9.49. The molecule has 1 amide bonds. The van der Waals surface area contributed by atoms with Crippen molar-refractivity contribution in [2.24, 2.45) is 13.0 Å². The third-order valence-electron chi connectivity index (χ3n) is 2.89. The smallest absolute Gasteiger partial charge is 0.315 e. The van der Waals surface area contributed by atoms with Gasteiger partial charge in [-0.05, 0) is 31.2 Å². The molecule has 2 aromatic rings. The van der Waals surface area contributed by atoms with Crippen LogP contribution in [-0.4, -0.2) is 31.7 Å². The number of hydrogen-bond acceptors (Lipinski definition) is 4. The Bertz CT molecular complexity index is 633. The quantitative estimate of drug-likeness (QED) is 0.815. The number of hydrogen-bond donors (Lipinski definition) is 2. The van der Waals surface area contributed by atoms with Crippen LogP contribution in [0.3, 0.4) is 0 Å². The molecule has 0 bridgehead atoms. The van der Waals surface area contributed by atoms with Crippen molar-refractivity contribution in [1.29, 1.82) is 0 Å². The summed E-state index contributed by atoms with van der Waals surface area (Å²) in [7, 11) is 1.83. The lowest BCUT2D eigenvalue weighted by Crippen LogP contribution is -2.26. The fourth-order valence-corrected chi connectivity index (χ4v) is 1.61. The molecule has 0 fully saturated rings. The lowest BCUT2D eigenvalue weighted by molar-refractivity contribution is -0.144. The highest BCUT2D eigenvalue weighted by atomic mass is 16.4. The van der Waals surface area contributed by atoms with E-state index < -0.39 is 17.8 Å². The van der Waals surface area contributed by atoms with Gasteiger partial charge in [0.25, 0.3) is 0 Å². The van der Waals surface area contributed by atoms with Gasteiger partial charge in [0.15, 0.2) is 5.82 Å². The standard InChI is InChI=1S/C13H14N4O3/c1-8(13(19)20)12(18)15-10-5-3-9(4-6-10)11-16-14-7-17(11)2/h3-8H,1-2H3,(H,15,18)(H,19,20). The first kappa shape index (κ1) is 13.7. The molecule has 2 N–H and O–H groups in total. The molecule has 1 heterocycles. The minimum absolute atomic E-state index is 0.536. The number of nitrogens with one attached hydrogen (secondary N) is 1. The number of benzene rings is 1. The zero-order valence-electron chi connectivity index (χ0n) is 11.1. The van der Waals surface area contributed by atoms with Gasteiger partial charge in [0.05, 0.1) is 0 Å². The van der Waals surface area contributed by atoms with E-state index in [4.69, 9.17) is 5.11 Å². The monoisotopic (exact) mass is 274 g/mol. The Hall–Kier alpha value is -2.70. The Kier molecular flexibility index (Phi) is 3.79. The number of rotatable bonds is 4. The zero-order valence-corrected chi connectivity index (χ0v) is 11.1. The van der Waals surface area contributed by atoms with Crippen molar-refractivity contribution in [3.05, 3.63) is 30.6 Å². The van der Waals surface area contributed by atoms with Crippen LogP contribution in [0.4, 0.5) is 5.69 Å². The minimum Gasteiger partial charge on any atom is -0.481 e. The summed E-state index contributed by atoms with van der Waals surface area (Å²) in [5.74, 6) is -2.09. The van der Waals surface area contributed by atoms with Gasteiger partial charge in [-0.15, -0.1) is 10.2 Å². The number of carboxylic acids is 1. The van der Waals surface area contributed by atoms with E-state index in [1.54, 1.807) is 35.2 Å². The second kappa shape index (κ2) is 5.52. The second-order valence-corrected chi connectivity index (χ2v) is 4.39. The van der Waals surface area contributed by atoms with Crippen LogP contribution in [0.15, 0.2) is 30.6 Å². The van der Waals surface area contributed by atoms with E-state index in [1.807, 2.05) is 7.05 Å². The molecule has 0 radical (unpaired) electrons. The molecule has 0 aliphatic carbocycles. The summed E-state index contributed by atoms with van der Waals surface area (Å²) in [6.45, 7) is 1.34. The summed E-state index contributed by atoms with van der Waals surface area (Å²) in [5, 5.41) is 19.1. The van der Waals surface area contributed by atoms with Crippen LogP contribution in [0.25, 0.3) is 11.4 Å². The Morgan fingerprint density at radius 2 is 1.95 bits per heavy atom. The highest BCUT2D eigenvalue weighted by molar-refractivity contribution is 6.03. The number of amides is 1. The highest BCUT2D eigenvalue weighted by Crippen LogP contribution is 2.19. The predicted molar refractivity (Wildman–Crippen MR) is 71.9 cm³/mol. The van der Waals surface area contributed by atoms with E-state index in [0.717, 1.165) is 5.56 Å². The molecule has 104 valence electrons. The average Bonchev–Trinajstić information content (AvgIpc) is 2.85. The van der Waals surface area contributed by atoms with E-state index in [2.05, 4.69) is 15.5 Å². The van der Waals surface area contributed by atoms with Crippen LogP contribution in [-0.2, 0) is 16.6 Å². The maximum Gasteiger partial charge on any atom is 0.315 e. The number of carbonyl (C=O) groups excluding carboxylic acids is 1. The van der Waals surface area contributed by atoms with Gasteiger partial charge in [-0.3, -0.25) is 9.59 Å². The molecule has 0 aliphatic heterocycles. The van der Waals surface area contributed by atoms with Gasteiger partial charge in [-0.1, -0.05) is 0 Å². The molecule has 2 rings (SSSR count). The van der Waals surface area contributed by atoms with Crippen molar-refractivity contribution >= 4 is 17.6 Å². The van der Waals surface area contributed by atoms with Gasteiger partial charge in [0.2, 0.25) is 5.91 Å². The summed E-state index contributed by atoms with van der Waals surface area (Å²) < 4.78 is 1.78. The van der Waals surface area contributed by atoms with Crippen LogP contribution < -0.4 is 5.32 Å². The van der Waals surface area contributed by atoms with Gasteiger partial charge >= 0.3 is 5.97 Å². The minimum atomic E-state index is -1.15. The van der Waals surface area contributed by atoms with Gasteiger partial charge in [0, 0.05) is 18.3 Å². The van der Waals surface area contributed by atoms with Crippen molar-refractivity contribution in [3.8, 4) is 11.4 Å². The largest absolute Gasteiger partial charge is 0.481 e. The molecular weight excluding hydrogens is 260 g/mol. The van der Waals surface area contributed by atoms with Crippen molar-refractivity contribution in [2.45, 2.75) is 6.92 Å². The summed E-state index contributed by atoms with van der Waals surface area (Å²) in [5.41, 5.74) is 1.39. The Balaban J connectivity index is 2.11. The van der Waals surface area contributed by atoms with Crippen LogP contribution in [0.2, 0.25) is 0 Å². The fourth-order valence-electron chi connectivity index (χ4n) is 1.61. The molecule has 1 aromatic heterocycles. The number of aliphatic carboxylic acids is 1. The molecule has 1 aromatic carbocycles. The number of anilines is 1. The zero-order chi connectivity index (χ0) is 14.7. The van der Waals surface area contributed by atoms with Crippen LogP contribution in [0, 0.1) is 5.92 Å². The number of aryl methyl sites for hydroxylation is 1. The second-order valence-electron chi connectivity index (χ2n) is 4.39. The number of carbonyl (C=O) groups is 2. The first-order valence-corrected chi connectivity index (χ1v) is 5.97. The lowest BCUT2D eigenvalue weighted by Gasteiger charge is -2.08. The molecule has 0 spiro atoms. The maximum atomic E-state index is 11.6. The SMILES string of the molecule is CC(C(=O)O)C(=O)Nc1ccc(-c2nncn2C)cc1. The van der Waals surface area contributed by atoms with E-state index in [0.29, 0.717) is 11.5 Å². The van der Waals surface area contributed by atoms with E-state index in [-0.39, 0.29) is 0 Å². The third kappa shape index (κ3) is 2.82. The molecule has 0 saturated heterocycles. The Labute approximate surface area is 115 Å². The van der Waals surface area contributed by atoms with Gasteiger partial charge < -0.3 is 15.0 Å². The normalized spacial score (nSPS) is 11.9. The van der Waals surface area contributed by atoms with Crippen molar-refractivity contribution in [3.63, 3.8) is 0 Å². The van der Waals surface area contributed by atoms with Gasteiger partial charge in [0.1, 0.15) is 12.2 Å². The number of aromatic nitrogens is 3. The molecule has 1 atom stereocenters. The third-order valence-corrected chi connectivity index (χ3v) is 2.89. The summed E-state index contributed by atoms with van der Waals surface area (Å²) >= 11 is 0. The fraction of sp³-hybridized carbons (Fsp3) is 0.231. The van der Waals surface area contributed by atoms with E-state index in [1.165, 1.54) is 6.92 Å². The summed E-state index contributed by atoms with van der Waals surface area (Å²) in [6, 6.07) is 6.95. The van der Waals surface area contributed by atoms with Crippen LogP contribution in [0.5, 0.6) is 0 Å². The molecule has 0 aliphatic rings. The molecule has 7 nitrogen and oxygen atoms in total. The van der Waals surface area contributed by atoms with Gasteiger partial charge in [-0.2, -0.15) is 0 Å². The van der Waals surface area contributed by atoms with Crippen molar-refractivity contribution in [1.82, 2.24) is 14.8 Å². The maximum absolute atomic E-state index is 11.6. The Morgan fingerprint density at radius 3 is 2.45 bits per heavy atom. The lowest BCUT2D eigenvalue weighted by atomic mass is 10.1. The molecule has 1 unspecified atom stereocenters. The molecular formula is C13H14N4O3. The number of carboxylic acid groups (broad SMARTS) is 1. The van der Waals surface area contributed by atoms with Gasteiger partial charge in [-0.25, -0.2) is 0 Å². The molecule has 7 heteroatoms. The van der Waals surface area contributed by atoms with E-state index >= 15 is 0 Å². The summed E-state index contributed by atoms with van der Waals surface area (Å²) in [4.78, 5) is 22.3. The van der Waals surface area contributed by atoms with Crippen molar-refractivity contribution < 1.29 is 14.7 Å². The number of nitrogens with zero attached hydrogens (tertiary/aromatic N) is 3. The first-order valence-electron chi connectivity index (χ1n) is 5.97. The predicted octanol–water partition coefficient (Wildman–Crippen LogP) is 1.14. The topological polar surface area (TPSA) is 97.1 Å². The average molecular weight is 274 g/mol. The highest BCUT2D eigenvalue weighted by Gasteiger charge is 2.20.